The van der Waals surface area contributed by atoms with Gasteiger partial charge < -0.3 is 15.0 Å². The van der Waals surface area contributed by atoms with Gasteiger partial charge in [-0.15, -0.1) is 0 Å². The van der Waals surface area contributed by atoms with Crippen molar-refractivity contribution >= 4 is 5.82 Å². The van der Waals surface area contributed by atoms with Crippen LogP contribution in [0.25, 0.3) is 0 Å². The second-order valence-electron chi connectivity index (χ2n) is 5.86. The summed E-state index contributed by atoms with van der Waals surface area (Å²) in [6.45, 7) is 9.02. The van der Waals surface area contributed by atoms with Crippen LogP contribution in [0.1, 0.15) is 32.9 Å². The van der Waals surface area contributed by atoms with Crippen LogP contribution in [0.3, 0.4) is 0 Å². The second kappa shape index (κ2) is 7.46. The van der Waals surface area contributed by atoms with Crippen LogP contribution in [0, 0.1) is 0 Å². The quantitative estimate of drug-likeness (QED) is 0.768. The van der Waals surface area contributed by atoms with Crippen molar-refractivity contribution in [3.8, 4) is 0 Å². The monoisotopic (exact) mass is 265 g/mol. The van der Waals surface area contributed by atoms with E-state index < -0.39 is 0 Å². The van der Waals surface area contributed by atoms with Gasteiger partial charge in [0.2, 0.25) is 0 Å². The predicted octanol–water partition coefficient (Wildman–Crippen LogP) is 2.44. The highest BCUT2D eigenvalue weighted by Crippen LogP contribution is 2.11. The van der Waals surface area contributed by atoms with E-state index in [4.69, 9.17) is 4.74 Å². The van der Waals surface area contributed by atoms with Gasteiger partial charge >= 0.3 is 0 Å². The van der Waals surface area contributed by atoms with Crippen molar-refractivity contribution in [1.29, 1.82) is 0 Å². The number of aromatic nitrogens is 1. The molecule has 4 heteroatoms. The number of hydrogen-bond acceptors (Lipinski definition) is 4. The molecular weight excluding hydrogens is 238 g/mol. The molecule has 0 bridgehead atoms. The van der Waals surface area contributed by atoms with E-state index in [1.807, 2.05) is 6.07 Å². The Bertz CT molecular complexity index is 374. The zero-order valence-electron chi connectivity index (χ0n) is 12.9. The van der Waals surface area contributed by atoms with Gasteiger partial charge in [0.1, 0.15) is 5.82 Å². The number of nitrogens with one attached hydrogen (secondary N) is 1. The lowest BCUT2D eigenvalue weighted by Gasteiger charge is -2.22. The summed E-state index contributed by atoms with van der Waals surface area (Å²) < 4.78 is 5.07. The number of nitrogens with zero attached hydrogens (tertiary/aromatic N) is 2. The van der Waals surface area contributed by atoms with Gasteiger partial charge in [-0.05, 0) is 39.3 Å². The first kappa shape index (κ1) is 15.9. The summed E-state index contributed by atoms with van der Waals surface area (Å²) in [5.41, 5.74) is 1.19. The summed E-state index contributed by atoms with van der Waals surface area (Å²) >= 11 is 0. The molecule has 1 aromatic rings. The van der Waals surface area contributed by atoms with Crippen molar-refractivity contribution in [2.45, 2.75) is 39.3 Å². The van der Waals surface area contributed by atoms with Crippen molar-refractivity contribution in [2.24, 2.45) is 0 Å². The molecule has 0 aliphatic carbocycles. The van der Waals surface area contributed by atoms with E-state index in [0.717, 1.165) is 37.6 Å². The molecule has 108 valence electrons. The number of pyridine rings is 1. The normalized spacial score (nSPS) is 11.6. The van der Waals surface area contributed by atoms with Crippen LogP contribution in [-0.2, 0) is 11.3 Å². The Morgan fingerprint density at radius 3 is 2.68 bits per heavy atom. The Balaban J connectivity index is 2.56. The fourth-order valence-electron chi connectivity index (χ4n) is 1.69. The Labute approximate surface area is 117 Å². The Morgan fingerprint density at radius 1 is 1.32 bits per heavy atom. The minimum atomic E-state index is 0.113. The van der Waals surface area contributed by atoms with Crippen LogP contribution in [0.4, 0.5) is 5.82 Å². The van der Waals surface area contributed by atoms with Crippen LogP contribution in [-0.4, -0.2) is 37.8 Å². The SMILES string of the molecule is COCCCN(C)c1cccc(CNC(C)(C)C)n1. The Hall–Kier alpha value is -1.13. The number of methoxy groups -OCH3 is 1. The van der Waals surface area contributed by atoms with Crippen molar-refractivity contribution < 1.29 is 4.74 Å². The van der Waals surface area contributed by atoms with Crippen molar-refractivity contribution in [1.82, 2.24) is 10.3 Å². The largest absolute Gasteiger partial charge is 0.385 e. The Kier molecular flexibility index (Phi) is 6.25. The molecule has 0 aliphatic rings. The first-order valence-electron chi connectivity index (χ1n) is 6.83. The zero-order chi connectivity index (χ0) is 14.3. The molecule has 4 nitrogen and oxygen atoms in total. The molecule has 0 aliphatic heterocycles. The van der Waals surface area contributed by atoms with E-state index >= 15 is 0 Å². The van der Waals surface area contributed by atoms with Gasteiger partial charge in [0, 0.05) is 39.4 Å². The molecule has 1 heterocycles. The molecule has 0 aromatic carbocycles. The fourth-order valence-corrected chi connectivity index (χ4v) is 1.69. The molecule has 0 amide bonds. The molecule has 0 unspecified atom stereocenters. The summed E-state index contributed by atoms with van der Waals surface area (Å²) in [6.07, 6.45) is 1.01. The lowest BCUT2D eigenvalue weighted by molar-refractivity contribution is 0.196. The molecule has 0 saturated heterocycles. The number of anilines is 1. The first-order chi connectivity index (χ1) is 8.92. The van der Waals surface area contributed by atoms with Gasteiger partial charge in [-0.3, -0.25) is 0 Å². The maximum absolute atomic E-state index is 5.07. The molecule has 0 saturated carbocycles. The minimum absolute atomic E-state index is 0.113. The first-order valence-corrected chi connectivity index (χ1v) is 6.83. The molecule has 1 N–H and O–H groups in total. The number of hydrogen-bond donors (Lipinski definition) is 1. The lowest BCUT2D eigenvalue weighted by atomic mass is 10.1. The standard InChI is InChI=1S/C15H27N3O/c1-15(2,3)16-12-13-8-6-9-14(17-13)18(4)10-7-11-19-5/h6,8-9,16H,7,10-12H2,1-5H3. The van der Waals surface area contributed by atoms with Gasteiger partial charge in [-0.1, -0.05) is 6.07 Å². The molecule has 0 fully saturated rings. The van der Waals surface area contributed by atoms with E-state index in [1.165, 1.54) is 0 Å². The van der Waals surface area contributed by atoms with Crippen LogP contribution >= 0.6 is 0 Å². The molecule has 0 spiro atoms. The average Bonchev–Trinajstić information content (AvgIpc) is 2.36. The summed E-state index contributed by atoms with van der Waals surface area (Å²) in [6, 6.07) is 6.17. The number of ether oxygens (including phenoxy) is 1. The third-order valence-corrected chi connectivity index (χ3v) is 2.82. The zero-order valence-corrected chi connectivity index (χ0v) is 12.9. The third-order valence-electron chi connectivity index (χ3n) is 2.82. The minimum Gasteiger partial charge on any atom is -0.385 e. The van der Waals surface area contributed by atoms with E-state index in [-0.39, 0.29) is 5.54 Å². The Morgan fingerprint density at radius 2 is 2.05 bits per heavy atom. The lowest BCUT2D eigenvalue weighted by Crippen LogP contribution is -2.35. The van der Waals surface area contributed by atoms with Gasteiger partial charge in [0.05, 0.1) is 5.69 Å². The van der Waals surface area contributed by atoms with Gasteiger partial charge in [-0.25, -0.2) is 4.98 Å². The summed E-state index contributed by atoms with van der Waals surface area (Å²) in [5.74, 6) is 1.02. The molecular formula is C15H27N3O. The summed E-state index contributed by atoms with van der Waals surface area (Å²) in [5, 5.41) is 3.46. The molecule has 0 radical (unpaired) electrons. The van der Waals surface area contributed by atoms with Crippen LogP contribution < -0.4 is 10.2 Å². The van der Waals surface area contributed by atoms with E-state index in [9.17, 15) is 0 Å². The fraction of sp³-hybridized carbons (Fsp3) is 0.667. The smallest absolute Gasteiger partial charge is 0.128 e. The van der Waals surface area contributed by atoms with Crippen LogP contribution in [0.2, 0.25) is 0 Å². The van der Waals surface area contributed by atoms with Gasteiger partial charge in [-0.2, -0.15) is 0 Å². The van der Waals surface area contributed by atoms with Crippen molar-refractivity contribution in [2.75, 3.05) is 32.2 Å². The highest BCUT2D eigenvalue weighted by molar-refractivity contribution is 5.38. The molecule has 0 atom stereocenters. The predicted molar refractivity (Wildman–Crippen MR) is 80.6 cm³/mol. The maximum atomic E-state index is 5.07. The van der Waals surface area contributed by atoms with Crippen LogP contribution in [0.15, 0.2) is 18.2 Å². The topological polar surface area (TPSA) is 37.4 Å². The van der Waals surface area contributed by atoms with E-state index in [2.05, 4.69) is 55.2 Å². The third kappa shape index (κ3) is 6.55. The molecule has 1 rings (SSSR count). The highest BCUT2D eigenvalue weighted by Gasteiger charge is 2.09. The summed E-state index contributed by atoms with van der Waals surface area (Å²) in [7, 11) is 3.80. The van der Waals surface area contributed by atoms with Crippen molar-refractivity contribution in [3.63, 3.8) is 0 Å². The van der Waals surface area contributed by atoms with Crippen LogP contribution in [0.5, 0.6) is 0 Å². The van der Waals surface area contributed by atoms with E-state index in [0.29, 0.717) is 0 Å². The number of rotatable bonds is 7. The average molecular weight is 265 g/mol. The van der Waals surface area contributed by atoms with E-state index in [1.54, 1.807) is 7.11 Å². The second-order valence-corrected chi connectivity index (χ2v) is 5.86. The highest BCUT2D eigenvalue weighted by atomic mass is 16.5. The summed E-state index contributed by atoms with van der Waals surface area (Å²) in [4.78, 5) is 6.84. The van der Waals surface area contributed by atoms with Crippen molar-refractivity contribution in [3.05, 3.63) is 23.9 Å². The maximum Gasteiger partial charge on any atom is 0.128 e. The van der Waals surface area contributed by atoms with Gasteiger partial charge in [0.15, 0.2) is 0 Å². The van der Waals surface area contributed by atoms with Gasteiger partial charge in [0.25, 0.3) is 0 Å². The molecule has 1 aromatic heterocycles. The molecule has 19 heavy (non-hydrogen) atoms.